The Balaban J connectivity index is 1.98. The molecule has 6 nitrogen and oxygen atoms in total. The van der Waals surface area contributed by atoms with Crippen LogP contribution in [0.2, 0.25) is 0 Å². The highest BCUT2D eigenvalue weighted by molar-refractivity contribution is 5.40. The highest BCUT2D eigenvalue weighted by Crippen LogP contribution is 2.69. The van der Waals surface area contributed by atoms with Crippen molar-refractivity contribution >= 4 is 5.95 Å². The SMILES string of the molecule is Cc1[nH]c(N)nc1C1C(c2nc(C(C)C)nn2C)C1(C)C. The van der Waals surface area contributed by atoms with Crippen LogP contribution in [0.15, 0.2) is 0 Å². The van der Waals surface area contributed by atoms with Gasteiger partial charge in [-0.25, -0.2) is 9.97 Å². The van der Waals surface area contributed by atoms with E-state index in [0.29, 0.717) is 23.7 Å². The van der Waals surface area contributed by atoms with Crippen molar-refractivity contribution in [3.05, 3.63) is 23.0 Å². The number of rotatable bonds is 3. The van der Waals surface area contributed by atoms with E-state index >= 15 is 0 Å². The maximum atomic E-state index is 5.79. The summed E-state index contributed by atoms with van der Waals surface area (Å²) >= 11 is 0. The van der Waals surface area contributed by atoms with Gasteiger partial charge in [0, 0.05) is 30.5 Å². The molecule has 2 aromatic rings. The standard InChI is InChI=1S/C15H24N6/c1-7(2)12-19-13(21(6)20-12)10-9(15(10,4)5)11-8(3)17-14(16)18-11/h7,9-10H,1-6H3,(H3,16,17,18). The molecular formula is C15H24N6. The molecule has 0 saturated heterocycles. The van der Waals surface area contributed by atoms with Crippen molar-refractivity contribution in [1.29, 1.82) is 0 Å². The molecule has 2 heterocycles. The van der Waals surface area contributed by atoms with E-state index in [9.17, 15) is 0 Å². The van der Waals surface area contributed by atoms with Gasteiger partial charge in [0.15, 0.2) is 11.8 Å². The zero-order chi connectivity index (χ0) is 15.5. The molecular weight excluding hydrogens is 264 g/mol. The third-order valence-electron chi connectivity index (χ3n) is 4.67. The van der Waals surface area contributed by atoms with Crippen molar-refractivity contribution < 1.29 is 0 Å². The minimum Gasteiger partial charge on any atom is -0.369 e. The number of H-pyrrole nitrogens is 1. The molecule has 6 heteroatoms. The summed E-state index contributed by atoms with van der Waals surface area (Å²) in [7, 11) is 1.98. The van der Waals surface area contributed by atoms with E-state index in [1.807, 2.05) is 18.7 Å². The normalized spacial score (nSPS) is 23.8. The molecule has 0 aromatic carbocycles. The Bertz CT molecular complexity index is 678. The number of hydrogen-bond donors (Lipinski definition) is 2. The van der Waals surface area contributed by atoms with Gasteiger partial charge in [-0.15, -0.1) is 0 Å². The molecule has 0 radical (unpaired) electrons. The minimum atomic E-state index is 0.126. The predicted octanol–water partition coefficient (Wildman–Crippen LogP) is 2.46. The molecule has 2 unspecified atom stereocenters. The summed E-state index contributed by atoms with van der Waals surface area (Å²) < 4.78 is 1.92. The van der Waals surface area contributed by atoms with Crippen molar-refractivity contribution in [1.82, 2.24) is 24.7 Å². The summed E-state index contributed by atoms with van der Waals surface area (Å²) in [6.45, 7) is 10.8. The van der Waals surface area contributed by atoms with Crippen LogP contribution in [0, 0.1) is 12.3 Å². The fourth-order valence-electron chi connectivity index (χ4n) is 3.36. The van der Waals surface area contributed by atoms with Crippen molar-refractivity contribution in [2.45, 2.75) is 52.4 Å². The molecule has 0 spiro atoms. The smallest absolute Gasteiger partial charge is 0.197 e. The molecule has 114 valence electrons. The van der Waals surface area contributed by atoms with Gasteiger partial charge in [0.1, 0.15) is 5.82 Å². The van der Waals surface area contributed by atoms with E-state index in [4.69, 9.17) is 10.7 Å². The van der Waals surface area contributed by atoms with Crippen molar-refractivity contribution in [3.63, 3.8) is 0 Å². The van der Waals surface area contributed by atoms with Crippen LogP contribution in [-0.4, -0.2) is 24.7 Å². The Labute approximate surface area is 125 Å². The molecule has 2 aromatic heterocycles. The number of anilines is 1. The highest BCUT2D eigenvalue weighted by atomic mass is 15.3. The van der Waals surface area contributed by atoms with Crippen LogP contribution in [0.3, 0.4) is 0 Å². The summed E-state index contributed by atoms with van der Waals surface area (Å²) in [5.74, 6) is 3.47. The van der Waals surface area contributed by atoms with E-state index in [1.165, 1.54) is 0 Å². The molecule has 0 amide bonds. The van der Waals surface area contributed by atoms with Crippen LogP contribution in [0.5, 0.6) is 0 Å². The second kappa shape index (κ2) is 4.32. The van der Waals surface area contributed by atoms with Gasteiger partial charge in [-0.1, -0.05) is 27.7 Å². The van der Waals surface area contributed by atoms with Crippen molar-refractivity contribution in [2.75, 3.05) is 5.73 Å². The van der Waals surface area contributed by atoms with Gasteiger partial charge in [0.2, 0.25) is 0 Å². The average molecular weight is 288 g/mol. The van der Waals surface area contributed by atoms with Crippen LogP contribution in [-0.2, 0) is 7.05 Å². The first-order chi connectivity index (χ1) is 9.73. The van der Waals surface area contributed by atoms with Crippen molar-refractivity contribution in [3.8, 4) is 0 Å². The van der Waals surface area contributed by atoms with Gasteiger partial charge in [-0.2, -0.15) is 5.10 Å². The maximum absolute atomic E-state index is 5.79. The molecule has 1 fully saturated rings. The lowest BCUT2D eigenvalue weighted by Gasteiger charge is -2.00. The summed E-state index contributed by atoms with van der Waals surface area (Å²) in [5.41, 5.74) is 8.04. The summed E-state index contributed by atoms with van der Waals surface area (Å²) in [6, 6.07) is 0. The Kier molecular flexibility index (Phi) is 2.90. The molecule has 3 rings (SSSR count). The Morgan fingerprint density at radius 2 is 1.90 bits per heavy atom. The van der Waals surface area contributed by atoms with Crippen LogP contribution in [0.25, 0.3) is 0 Å². The zero-order valence-electron chi connectivity index (χ0n) is 13.6. The quantitative estimate of drug-likeness (QED) is 0.908. The Morgan fingerprint density at radius 3 is 2.38 bits per heavy atom. The van der Waals surface area contributed by atoms with E-state index in [1.54, 1.807) is 0 Å². The lowest BCUT2D eigenvalue weighted by molar-refractivity contribution is 0.575. The number of nitrogens with two attached hydrogens (primary N) is 1. The van der Waals surface area contributed by atoms with Gasteiger partial charge in [0.05, 0.1) is 5.69 Å². The van der Waals surface area contributed by atoms with E-state index < -0.39 is 0 Å². The first-order valence-corrected chi connectivity index (χ1v) is 7.46. The lowest BCUT2D eigenvalue weighted by atomic mass is 10.1. The number of aromatic nitrogens is 5. The number of nitrogen functional groups attached to an aromatic ring is 1. The minimum absolute atomic E-state index is 0.126. The largest absolute Gasteiger partial charge is 0.369 e. The zero-order valence-corrected chi connectivity index (χ0v) is 13.6. The van der Waals surface area contributed by atoms with E-state index in [2.05, 4.69) is 42.8 Å². The first kappa shape index (κ1) is 14.1. The molecule has 2 atom stereocenters. The molecule has 1 saturated carbocycles. The highest BCUT2D eigenvalue weighted by Gasteiger charge is 2.62. The molecule has 21 heavy (non-hydrogen) atoms. The summed E-state index contributed by atoms with van der Waals surface area (Å²) in [5, 5.41) is 4.55. The fourth-order valence-corrected chi connectivity index (χ4v) is 3.36. The fraction of sp³-hybridized carbons (Fsp3) is 0.667. The van der Waals surface area contributed by atoms with Crippen LogP contribution < -0.4 is 5.73 Å². The third kappa shape index (κ3) is 2.04. The molecule has 0 aliphatic heterocycles. The molecule has 0 bridgehead atoms. The molecule has 1 aliphatic rings. The van der Waals surface area contributed by atoms with Gasteiger partial charge in [-0.05, 0) is 12.3 Å². The number of aryl methyl sites for hydroxylation is 2. The van der Waals surface area contributed by atoms with Crippen molar-refractivity contribution in [2.24, 2.45) is 12.5 Å². The van der Waals surface area contributed by atoms with E-state index in [0.717, 1.165) is 23.0 Å². The first-order valence-electron chi connectivity index (χ1n) is 7.46. The van der Waals surface area contributed by atoms with Gasteiger partial charge in [-0.3, -0.25) is 4.68 Å². The number of nitrogens with one attached hydrogen (secondary N) is 1. The van der Waals surface area contributed by atoms with Crippen LogP contribution in [0.4, 0.5) is 5.95 Å². The van der Waals surface area contributed by atoms with E-state index in [-0.39, 0.29) is 5.41 Å². The number of hydrogen-bond acceptors (Lipinski definition) is 4. The lowest BCUT2D eigenvalue weighted by Crippen LogP contribution is -2.00. The number of nitrogens with zero attached hydrogens (tertiary/aromatic N) is 4. The number of aromatic amines is 1. The molecule has 3 N–H and O–H groups in total. The Morgan fingerprint density at radius 1 is 1.24 bits per heavy atom. The molecule has 1 aliphatic carbocycles. The second-order valence-electron chi connectivity index (χ2n) is 7.02. The average Bonchev–Trinajstić information content (AvgIpc) is 2.68. The van der Waals surface area contributed by atoms with Gasteiger partial charge in [0.25, 0.3) is 0 Å². The summed E-state index contributed by atoms with van der Waals surface area (Å²) in [6.07, 6.45) is 0. The predicted molar refractivity (Wildman–Crippen MR) is 82.1 cm³/mol. The number of imidazole rings is 1. The van der Waals surface area contributed by atoms with Gasteiger partial charge >= 0.3 is 0 Å². The van der Waals surface area contributed by atoms with Crippen LogP contribution >= 0.6 is 0 Å². The summed E-state index contributed by atoms with van der Waals surface area (Å²) in [4.78, 5) is 12.3. The monoisotopic (exact) mass is 288 g/mol. The maximum Gasteiger partial charge on any atom is 0.197 e. The Hall–Kier alpha value is -1.85. The second-order valence-corrected chi connectivity index (χ2v) is 7.02. The van der Waals surface area contributed by atoms with Crippen LogP contribution in [0.1, 0.15) is 68.5 Å². The topological polar surface area (TPSA) is 85.4 Å². The van der Waals surface area contributed by atoms with Gasteiger partial charge < -0.3 is 10.7 Å². The third-order valence-corrected chi connectivity index (χ3v) is 4.67.